The number of hydrogen-bond acceptors (Lipinski definition) is 4. The minimum Gasteiger partial charge on any atom is -0.346 e. The van der Waals surface area contributed by atoms with E-state index >= 15 is 0 Å². The first-order chi connectivity index (χ1) is 11.6. The van der Waals surface area contributed by atoms with Crippen molar-refractivity contribution in [3.05, 3.63) is 58.9 Å². The molecule has 4 N–H and O–H groups in total. The zero-order chi connectivity index (χ0) is 16.3. The highest BCUT2D eigenvalue weighted by Crippen LogP contribution is 2.40. The third-order valence-electron chi connectivity index (χ3n) is 4.70. The Labute approximate surface area is 136 Å². The number of H-pyrrole nitrogens is 2. The number of aromatic nitrogens is 4. The van der Waals surface area contributed by atoms with E-state index in [1.54, 1.807) is 6.20 Å². The standard InChI is InChI=1S/C18H15N5O/c19-18(4-5-18)17-22-14-2-1-10(8-13(14)16(24)23-17)12-7-11-3-6-20-15(11)21-9-12/h1-3,6-9H,4-5,19H2,(H,20,21)(H,22,23,24). The highest BCUT2D eigenvalue weighted by molar-refractivity contribution is 5.86. The number of nitrogens with two attached hydrogens (primary N) is 1. The second-order valence-electron chi connectivity index (χ2n) is 6.44. The topological polar surface area (TPSA) is 100 Å². The Bertz CT molecular complexity index is 1150. The fraction of sp³-hybridized carbons (Fsp3) is 0.167. The fourth-order valence-corrected chi connectivity index (χ4v) is 3.02. The quantitative estimate of drug-likeness (QED) is 0.528. The number of nitrogens with zero attached hydrogens (tertiary/aromatic N) is 2. The summed E-state index contributed by atoms with van der Waals surface area (Å²) in [6, 6.07) is 9.72. The van der Waals surface area contributed by atoms with Gasteiger partial charge in [-0.3, -0.25) is 4.79 Å². The zero-order valence-electron chi connectivity index (χ0n) is 12.8. The van der Waals surface area contributed by atoms with Crippen LogP contribution in [0, 0.1) is 0 Å². The van der Waals surface area contributed by atoms with Gasteiger partial charge in [-0.1, -0.05) is 6.07 Å². The van der Waals surface area contributed by atoms with Gasteiger partial charge in [0.2, 0.25) is 0 Å². The molecule has 0 bridgehead atoms. The number of benzene rings is 1. The van der Waals surface area contributed by atoms with Gasteiger partial charge in [-0.15, -0.1) is 0 Å². The van der Waals surface area contributed by atoms with Gasteiger partial charge in [0, 0.05) is 23.3 Å². The van der Waals surface area contributed by atoms with Gasteiger partial charge in [-0.25, -0.2) is 9.97 Å². The first-order valence-electron chi connectivity index (χ1n) is 7.89. The predicted molar refractivity (Wildman–Crippen MR) is 92.6 cm³/mol. The van der Waals surface area contributed by atoms with Crippen LogP contribution in [0.4, 0.5) is 0 Å². The lowest BCUT2D eigenvalue weighted by atomic mass is 10.0. The summed E-state index contributed by atoms with van der Waals surface area (Å²) in [6.45, 7) is 0. The SMILES string of the molecule is NC1(c2nc3ccc(-c4cnc5[nH]ccc5c4)cc3c(=O)[nH]2)CC1. The van der Waals surface area contributed by atoms with E-state index in [1.165, 1.54) is 0 Å². The van der Waals surface area contributed by atoms with Crippen molar-refractivity contribution >= 4 is 21.9 Å². The molecule has 3 heterocycles. The lowest BCUT2D eigenvalue weighted by Gasteiger charge is -2.09. The average molecular weight is 317 g/mol. The second-order valence-corrected chi connectivity index (χ2v) is 6.44. The second kappa shape index (κ2) is 4.52. The number of hydrogen-bond donors (Lipinski definition) is 3. The molecule has 4 aromatic rings. The van der Waals surface area contributed by atoms with Gasteiger partial charge in [-0.05, 0) is 42.7 Å². The van der Waals surface area contributed by atoms with E-state index in [1.807, 2.05) is 30.5 Å². The highest BCUT2D eigenvalue weighted by atomic mass is 16.1. The maximum Gasteiger partial charge on any atom is 0.258 e. The molecule has 1 fully saturated rings. The number of rotatable bonds is 2. The van der Waals surface area contributed by atoms with Gasteiger partial charge in [0.15, 0.2) is 0 Å². The van der Waals surface area contributed by atoms with Crippen LogP contribution in [-0.4, -0.2) is 19.9 Å². The molecule has 5 rings (SSSR count). The first kappa shape index (κ1) is 13.4. The molecule has 0 aliphatic heterocycles. The summed E-state index contributed by atoms with van der Waals surface area (Å²) in [4.78, 5) is 27.3. The molecule has 1 saturated carbocycles. The minimum atomic E-state index is -0.449. The molecule has 0 spiro atoms. The van der Waals surface area contributed by atoms with Crippen molar-refractivity contribution in [3.63, 3.8) is 0 Å². The van der Waals surface area contributed by atoms with Crippen LogP contribution in [-0.2, 0) is 5.54 Å². The normalized spacial score (nSPS) is 15.9. The van der Waals surface area contributed by atoms with E-state index in [9.17, 15) is 4.79 Å². The van der Waals surface area contributed by atoms with Gasteiger partial charge in [0.1, 0.15) is 11.5 Å². The van der Waals surface area contributed by atoms with Gasteiger partial charge < -0.3 is 15.7 Å². The van der Waals surface area contributed by atoms with Gasteiger partial charge in [0.25, 0.3) is 5.56 Å². The van der Waals surface area contributed by atoms with Gasteiger partial charge in [-0.2, -0.15) is 0 Å². The molecule has 0 radical (unpaired) electrons. The lowest BCUT2D eigenvalue weighted by Crippen LogP contribution is -2.26. The number of nitrogens with one attached hydrogen (secondary N) is 2. The largest absolute Gasteiger partial charge is 0.346 e. The molecule has 0 saturated heterocycles. The van der Waals surface area contributed by atoms with E-state index in [-0.39, 0.29) is 5.56 Å². The maximum atomic E-state index is 12.5. The molecule has 6 heteroatoms. The highest BCUT2D eigenvalue weighted by Gasteiger charge is 2.42. The third kappa shape index (κ3) is 1.97. The summed E-state index contributed by atoms with van der Waals surface area (Å²) in [5.74, 6) is 0.586. The first-order valence-corrected chi connectivity index (χ1v) is 7.89. The van der Waals surface area contributed by atoms with Crippen molar-refractivity contribution in [3.8, 4) is 11.1 Å². The lowest BCUT2D eigenvalue weighted by molar-refractivity contribution is 0.673. The molecule has 3 aromatic heterocycles. The molecule has 118 valence electrons. The Balaban J connectivity index is 1.67. The van der Waals surface area contributed by atoms with E-state index in [0.717, 1.165) is 35.0 Å². The molecule has 24 heavy (non-hydrogen) atoms. The molecule has 0 unspecified atom stereocenters. The minimum absolute atomic E-state index is 0.149. The zero-order valence-corrected chi connectivity index (χ0v) is 12.8. The van der Waals surface area contributed by atoms with Crippen LogP contribution in [0.3, 0.4) is 0 Å². The van der Waals surface area contributed by atoms with Crippen LogP contribution in [0.5, 0.6) is 0 Å². The summed E-state index contributed by atoms with van der Waals surface area (Å²) < 4.78 is 0. The Morgan fingerprint density at radius 2 is 2.00 bits per heavy atom. The Morgan fingerprint density at radius 1 is 1.12 bits per heavy atom. The monoisotopic (exact) mass is 317 g/mol. The molecule has 1 aliphatic carbocycles. The van der Waals surface area contributed by atoms with Crippen LogP contribution in [0.2, 0.25) is 0 Å². The molecule has 0 atom stereocenters. The predicted octanol–water partition coefficient (Wildman–Crippen LogP) is 2.41. The summed E-state index contributed by atoms with van der Waals surface area (Å²) in [5, 5.41) is 1.60. The maximum absolute atomic E-state index is 12.5. The smallest absolute Gasteiger partial charge is 0.258 e. The van der Waals surface area contributed by atoms with Crippen LogP contribution < -0.4 is 11.3 Å². The van der Waals surface area contributed by atoms with E-state index in [0.29, 0.717) is 16.7 Å². The van der Waals surface area contributed by atoms with Crippen molar-refractivity contribution in [1.82, 2.24) is 19.9 Å². The number of aromatic amines is 2. The van der Waals surface area contributed by atoms with Crippen LogP contribution in [0.25, 0.3) is 33.1 Å². The van der Waals surface area contributed by atoms with E-state index < -0.39 is 5.54 Å². The third-order valence-corrected chi connectivity index (χ3v) is 4.70. The van der Waals surface area contributed by atoms with Crippen molar-refractivity contribution in [2.24, 2.45) is 5.73 Å². The molecule has 1 aliphatic rings. The van der Waals surface area contributed by atoms with E-state index in [2.05, 4.69) is 26.0 Å². The van der Waals surface area contributed by atoms with Crippen LogP contribution in [0.15, 0.2) is 47.5 Å². The van der Waals surface area contributed by atoms with Gasteiger partial charge in [0.05, 0.1) is 16.4 Å². The number of fused-ring (bicyclic) bond motifs is 2. The Kier molecular flexibility index (Phi) is 2.53. The summed E-state index contributed by atoms with van der Waals surface area (Å²) in [6.07, 6.45) is 5.39. The van der Waals surface area contributed by atoms with Crippen LogP contribution in [0.1, 0.15) is 18.7 Å². The van der Waals surface area contributed by atoms with Crippen molar-refractivity contribution in [2.75, 3.05) is 0 Å². The molecular formula is C18H15N5O. The Morgan fingerprint density at radius 3 is 2.83 bits per heavy atom. The molecule has 1 aromatic carbocycles. The molecule has 6 nitrogen and oxygen atoms in total. The van der Waals surface area contributed by atoms with Crippen molar-refractivity contribution < 1.29 is 0 Å². The Hall–Kier alpha value is -2.99. The fourth-order valence-electron chi connectivity index (χ4n) is 3.02. The number of pyridine rings is 1. The summed E-state index contributed by atoms with van der Waals surface area (Å²) in [5.41, 5.74) is 8.97. The van der Waals surface area contributed by atoms with Crippen LogP contribution >= 0.6 is 0 Å². The van der Waals surface area contributed by atoms with Crippen molar-refractivity contribution in [2.45, 2.75) is 18.4 Å². The molecule has 0 amide bonds. The van der Waals surface area contributed by atoms with E-state index in [4.69, 9.17) is 5.73 Å². The van der Waals surface area contributed by atoms with Crippen molar-refractivity contribution in [1.29, 1.82) is 0 Å². The summed E-state index contributed by atoms with van der Waals surface area (Å²) >= 11 is 0. The average Bonchev–Trinajstić information content (AvgIpc) is 3.18. The molecular weight excluding hydrogens is 302 g/mol. The van der Waals surface area contributed by atoms with Gasteiger partial charge >= 0.3 is 0 Å². The summed E-state index contributed by atoms with van der Waals surface area (Å²) in [7, 11) is 0.